The van der Waals surface area contributed by atoms with Crippen molar-refractivity contribution in [2.24, 2.45) is 0 Å². The van der Waals surface area contributed by atoms with E-state index in [1.165, 1.54) is 5.56 Å². The van der Waals surface area contributed by atoms with Crippen LogP contribution in [-0.4, -0.2) is 19.0 Å². The molecule has 0 saturated heterocycles. The van der Waals surface area contributed by atoms with Crippen molar-refractivity contribution in [2.45, 2.75) is 27.2 Å². The predicted molar refractivity (Wildman–Crippen MR) is 109 cm³/mol. The molecule has 27 heavy (non-hydrogen) atoms. The van der Waals surface area contributed by atoms with E-state index in [4.69, 9.17) is 9.83 Å². The second-order valence-corrected chi connectivity index (χ2v) is 6.39. The van der Waals surface area contributed by atoms with Gasteiger partial charge >= 0.3 is 0 Å². The summed E-state index contributed by atoms with van der Waals surface area (Å²) < 4.78 is 5.65. The van der Waals surface area contributed by atoms with Gasteiger partial charge in [0.2, 0.25) is 5.55 Å². The molecular weight excluding hydrogens is 338 g/mol. The first-order chi connectivity index (χ1) is 13.0. The Hall–Kier alpha value is -3.08. The second-order valence-electron chi connectivity index (χ2n) is 6.39. The van der Waals surface area contributed by atoms with Crippen molar-refractivity contribution in [3.05, 3.63) is 65.2 Å². The highest BCUT2D eigenvalue weighted by Crippen LogP contribution is 2.22. The first kappa shape index (κ1) is 18.7. The van der Waals surface area contributed by atoms with Gasteiger partial charge in [-0.1, -0.05) is 19.1 Å². The Morgan fingerprint density at radius 2 is 1.74 bits per heavy atom. The van der Waals surface area contributed by atoms with Crippen LogP contribution in [0.25, 0.3) is 11.0 Å². The van der Waals surface area contributed by atoms with Crippen LogP contribution >= 0.6 is 0 Å². The van der Waals surface area contributed by atoms with Crippen molar-refractivity contribution in [2.75, 3.05) is 23.3 Å². The number of hydrogen-bond acceptors (Lipinski definition) is 4. The molecule has 0 atom stereocenters. The summed E-state index contributed by atoms with van der Waals surface area (Å²) in [5.74, 6) is -0.345. The lowest BCUT2D eigenvalue weighted by atomic mass is 10.1. The Kier molecular flexibility index (Phi) is 5.60. The zero-order valence-electron chi connectivity index (χ0n) is 16.0. The van der Waals surface area contributed by atoms with Gasteiger partial charge in [0.25, 0.3) is 5.91 Å². The minimum absolute atomic E-state index is 0.137. The highest BCUT2D eigenvalue weighted by molar-refractivity contribution is 6.05. The summed E-state index contributed by atoms with van der Waals surface area (Å²) in [4.78, 5) is 14.8. The Morgan fingerprint density at radius 1 is 1.04 bits per heavy atom. The zero-order chi connectivity index (χ0) is 19.4. The fourth-order valence-electron chi connectivity index (χ4n) is 3.09. The van der Waals surface area contributed by atoms with Gasteiger partial charge in [0, 0.05) is 35.9 Å². The highest BCUT2D eigenvalue weighted by Gasteiger charge is 2.13. The predicted octanol–water partition coefficient (Wildman–Crippen LogP) is 4.57. The van der Waals surface area contributed by atoms with Crippen LogP contribution in [0.3, 0.4) is 0 Å². The number of carbonyl (C=O) groups is 1. The molecule has 0 spiro atoms. The largest absolute Gasteiger partial charge is 0.438 e. The maximum atomic E-state index is 12.6. The number of hydrogen-bond donors (Lipinski definition) is 2. The minimum Gasteiger partial charge on any atom is -0.438 e. The molecule has 0 aliphatic carbocycles. The highest BCUT2D eigenvalue weighted by atomic mass is 16.3. The number of fused-ring (bicyclic) bond motifs is 1. The molecule has 5 nitrogen and oxygen atoms in total. The minimum atomic E-state index is -0.345. The monoisotopic (exact) mass is 363 g/mol. The summed E-state index contributed by atoms with van der Waals surface area (Å²) in [6.07, 6.45) is 0.949. The number of amides is 1. The number of anilines is 2. The first-order valence-corrected chi connectivity index (χ1v) is 9.33. The molecule has 0 aliphatic rings. The van der Waals surface area contributed by atoms with E-state index in [0.29, 0.717) is 11.3 Å². The molecule has 1 amide bonds. The van der Waals surface area contributed by atoms with Crippen LogP contribution in [0.4, 0.5) is 11.4 Å². The first-order valence-electron chi connectivity index (χ1n) is 9.33. The van der Waals surface area contributed by atoms with Gasteiger partial charge < -0.3 is 14.6 Å². The summed E-state index contributed by atoms with van der Waals surface area (Å²) >= 11 is 0. The van der Waals surface area contributed by atoms with Crippen LogP contribution in [0.1, 0.15) is 36.7 Å². The summed E-state index contributed by atoms with van der Waals surface area (Å²) in [5, 5.41) is 11.8. The number of nitrogens with one attached hydrogen (secondary N) is 2. The van der Waals surface area contributed by atoms with Crippen LogP contribution < -0.4 is 15.8 Å². The third-order valence-electron chi connectivity index (χ3n) is 4.75. The number of benzene rings is 2. The van der Waals surface area contributed by atoms with E-state index in [1.54, 1.807) is 6.07 Å². The topological polar surface area (TPSA) is 69.3 Å². The molecule has 0 unspecified atom stereocenters. The fourth-order valence-corrected chi connectivity index (χ4v) is 3.09. The molecule has 5 heteroatoms. The summed E-state index contributed by atoms with van der Waals surface area (Å²) in [6.45, 7) is 8.07. The third-order valence-corrected chi connectivity index (χ3v) is 4.75. The van der Waals surface area contributed by atoms with E-state index < -0.39 is 0 Å². The number of carbonyl (C=O) groups excluding carboxylic acids is 1. The Labute approximate surface area is 159 Å². The van der Waals surface area contributed by atoms with E-state index in [-0.39, 0.29) is 17.0 Å². The quantitative estimate of drug-likeness (QED) is 0.674. The second kappa shape index (κ2) is 8.08. The average Bonchev–Trinajstić information content (AvgIpc) is 2.68. The van der Waals surface area contributed by atoms with E-state index in [2.05, 4.69) is 31.0 Å². The molecule has 2 N–H and O–H groups in total. The van der Waals surface area contributed by atoms with Gasteiger partial charge in [-0.25, -0.2) is 0 Å². The standard InChI is InChI=1S/C22H25N3O2/c1-4-15-7-10-17(11-8-15)24-22(26)19-13-16-9-12-18(25(5-2)6-3)14-20(16)27-21(19)23/h7-14,23H,4-6H2,1-3H3,(H,24,26). The molecule has 0 saturated carbocycles. The van der Waals surface area contributed by atoms with E-state index in [1.807, 2.05) is 42.5 Å². The molecule has 0 fully saturated rings. The van der Waals surface area contributed by atoms with Gasteiger partial charge in [-0.15, -0.1) is 0 Å². The summed E-state index contributed by atoms with van der Waals surface area (Å²) in [5.41, 5.74) is 3.64. The normalized spacial score (nSPS) is 10.8. The number of nitrogens with zero attached hydrogens (tertiary/aromatic N) is 1. The fraction of sp³-hybridized carbons (Fsp3) is 0.273. The van der Waals surface area contributed by atoms with Crippen LogP contribution in [0.2, 0.25) is 0 Å². The lowest BCUT2D eigenvalue weighted by Gasteiger charge is -2.21. The van der Waals surface area contributed by atoms with Crippen LogP contribution in [0, 0.1) is 5.41 Å². The molecule has 3 aromatic rings. The molecular formula is C22H25N3O2. The Morgan fingerprint density at radius 3 is 2.37 bits per heavy atom. The summed E-state index contributed by atoms with van der Waals surface area (Å²) in [6, 6.07) is 15.3. The van der Waals surface area contributed by atoms with E-state index in [9.17, 15) is 4.79 Å². The van der Waals surface area contributed by atoms with Crippen molar-refractivity contribution < 1.29 is 9.21 Å². The number of aryl methyl sites for hydroxylation is 1. The molecule has 0 bridgehead atoms. The average molecular weight is 363 g/mol. The summed E-state index contributed by atoms with van der Waals surface area (Å²) in [7, 11) is 0. The molecule has 1 heterocycles. The smallest absolute Gasteiger partial charge is 0.261 e. The van der Waals surface area contributed by atoms with Gasteiger partial charge in [-0.3, -0.25) is 10.2 Å². The zero-order valence-corrected chi connectivity index (χ0v) is 16.0. The molecule has 3 rings (SSSR count). The van der Waals surface area contributed by atoms with Gasteiger partial charge in [-0.05, 0) is 56.2 Å². The molecule has 140 valence electrons. The molecule has 0 radical (unpaired) electrons. The third kappa shape index (κ3) is 4.03. The van der Waals surface area contributed by atoms with E-state index in [0.717, 1.165) is 30.6 Å². The van der Waals surface area contributed by atoms with E-state index >= 15 is 0 Å². The van der Waals surface area contributed by atoms with Crippen molar-refractivity contribution in [1.29, 1.82) is 5.41 Å². The van der Waals surface area contributed by atoms with Crippen molar-refractivity contribution in [1.82, 2.24) is 0 Å². The Bertz CT molecular complexity index is 1000. The Balaban J connectivity index is 1.90. The van der Waals surface area contributed by atoms with Gasteiger partial charge in [-0.2, -0.15) is 0 Å². The SMILES string of the molecule is CCc1ccc(NC(=O)c2cc3ccc(N(CC)CC)cc3oc2=N)cc1. The van der Waals surface area contributed by atoms with Gasteiger partial charge in [0.1, 0.15) is 11.1 Å². The van der Waals surface area contributed by atoms with Crippen molar-refractivity contribution in [3.63, 3.8) is 0 Å². The molecule has 0 aliphatic heterocycles. The lowest BCUT2D eigenvalue weighted by Crippen LogP contribution is -2.22. The van der Waals surface area contributed by atoms with Crippen LogP contribution in [0.15, 0.2) is 52.9 Å². The molecule has 1 aromatic heterocycles. The lowest BCUT2D eigenvalue weighted by molar-refractivity contribution is 0.102. The van der Waals surface area contributed by atoms with Crippen LogP contribution in [0.5, 0.6) is 0 Å². The maximum absolute atomic E-state index is 12.6. The molecule has 2 aromatic carbocycles. The van der Waals surface area contributed by atoms with Gasteiger partial charge in [0.05, 0.1) is 0 Å². The van der Waals surface area contributed by atoms with Gasteiger partial charge in [0.15, 0.2) is 0 Å². The van der Waals surface area contributed by atoms with Crippen molar-refractivity contribution in [3.8, 4) is 0 Å². The maximum Gasteiger partial charge on any atom is 0.261 e. The van der Waals surface area contributed by atoms with Crippen molar-refractivity contribution >= 4 is 28.3 Å². The number of rotatable bonds is 6. The van der Waals surface area contributed by atoms with Crippen LogP contribution in [-0.2, 0) is 6.42 Å².